The number of furan rings is 1. The van der Waals surface area contributed by atoms with E-state index in [0.29, 0.717) is 12.0 Å². The van der Waals surface area contributed by atoms with Crippen LogP contribution in [0.2, 0.25) is 0 Å². The average molecular weight is 418 g/mol. The van der Waals surface area contributed by atoms with Gasteiger partial charge in [0.1, 0.15) is 5.82 Å². The third-order valence-corrected chi connectivity index (χ3v) is 7.44. The lowest BCUT2D eigenvalue weighted by Gasteiger charge is -2.42. The van der Waals surface area contributed by atoms with Crippen LogP contribution in [0.25, 0.3) is 21.9 Å². The number of aromatic nitrogens is 1. The van der Waals surface area contributed by atoms with Crippen molar-refractivity contribution < 1.29 is 8.81 Å². The van der Waals surface area contributed by atoms with E-state index in [4.69, 9.17) is 4.42 Å². The maximum atomic E-state index is 13.8. The van der Waals surface area contributed by atoms with Crippen LogP contribution >= 0.6 is 0 Å². The first-order valence-electron chi connectivity index (χ1n) is 11.5. The van der Waals surface area contributed by atoms with Crippen LogP contribution in [0.1, 0.15) is 37.2 Å². The third-order valence-electron chi connectivity index (χ3n) is 7.44. The molecule has 5 heteroatoms. The zero-order chi connectivity index (χ0) is 20.8. The molecule has 0 amide bonds. The first kappa shape index (κ1) is 18.9. The quantitative estimate of drug-likeness (QED) is 0.451. The third kappa shape index (κ3) is 3.41. The van der Waals surface area contributed by atoms with Crippen molar-refractivity contribution in [2.24, 2.45) is 0 Å². The molecule has 2 aliphatic rings. The number of aromatic amines is 1. The van der Waals surface area contributed by atoms with E-state index in [1.54, 1.807) is 12.3 Å². The van der Waals surface area contributed by atoms with E-state index in [9.17, 15) is 4.39 Å². The second kappa shape index (κ2) is 7.72. The van der Waals surface area contributed by atoms with Gasteiger partial charge in [-0.25, -0.2) is 4.39 Å². The second-order valence-corrected chi connectivity index (χ2v) is 9.08. The molecular formula is C26H28FN3O. The largest absolute Gasteiger partial charge is 0.462 e. The first-order chi connectivity index (χ1) is 15.3. The zero-order valence-electron chi connectivity index (χ0n) is 17.7. The minimum Gasteiger partial charge on any atom is -0.462 e. The van der Waals surface area contributed by atoms with Crippen LogP contribution in [0.5, 0.6) is 0 Å². The Morgan fingerprint density at radius 3 is 2.61 bits per heavy atom. The van der Waals surface area contributed by atoms with Crippen LogP contribution in [-0.2, 0) is 0 Å². The molecule has 3 heterocycles. The number of H-pyrrole nitrogens is 1. The number of halogens is 1. The van der Waals surface area contributed by atoms with Crippen molar-refractivity contribution in [2.45, 2.75) is 37.6 Å². The Morgan fingerprint density at radius 1 is 0.935 bits per heavy atom. The van der Waals surface area contributed by atoms with Gasteiger partial charge in [0.25, 0.3) is 0 Å². The number of benzene rings is 2. The SMILES string of the molecule is Fc1ccc2[nH]cc(C3CCC(N4CCN(c5cccc6ccoc56)CC4)CC3)c2c1. The lowest BCUT2D eigenvalue weighted by atomic mass is 9.81. The molecular weight excluding hydrogens is 389 g/mol. The Labute approximate surface area is 181 Å². The summed E-state index contributed by atoms with van der Waals surface area (Å²) < 4.78 is 19.5. The van der Waals surface area contributed by atoms with Gasteiger partial charge in [-0.2, -0.15) is 0 Å². The smallest absolute Gasteiger partial charge is 0.157 e. The molecule has 1 saturated carbocycles. The summed E-state index contributed by atoms with van der Waals surface area (Å²) in [5.74, 6) is 0.384. The molecule has 2 aromatic carbocycles. The fraction of sp³-hybridized carbons (Fsp3) is 0.385. The fourth-order valence-electron chi connectivity index (χ4n) is 5.76. The normalized spacial score (nSPS) is 23.1. The van der Waals surface area contributed by atoms with Gasteiger partial charge in [0.2, 0.25) is 0 Å². The number of nitrogens with one attached hydrogen (secondary N) is 1. The summed E-state index contributed by atoms with van der Waals surface area (Å²) in [4.78, 5) is 8.48. The molecule has 1 N–H and O–H groups in total. The summed E-state index contributed by atoms with van der Waals surface area (Å²) in [6.45, 7) is 4.29. The van der Waals surface area contributed by atoms with Crippen LogP contribution in [0.3, 0.4) is 0 Å². The van der Waals surface area contributed by atoms with E-state index in [0.717, 1.165) is 42.7 Å². The molecule has 0 atom stereocenters. The first-order valence-corrected chi connectivity index (χ1v) is 11.5. The van der Waals surface area contributed by atoms with Crippen molar-refractivity contribution in [2.75, 3.05) is 31.1 Å². The number of anilines is 1. The van der Waals surface area contributed by atoms with Crippen LogP contribution in [-0.4, -0.2) is 42.1 Å². The number of nitrogens with zero attached hydrogens (tertiary/aromatic N) is 2. The molecule has 0 unspecified atom stereocenters. The lowest BCUT2D eigenvalue weighted by Crippen LogP contribution is -2.51. The Bertz CT molecular complexity index is 1200. The molecule has 1 saturated heterocycles. The maximum absolute atomic E-state index is 13.8. The van der Waals surface area contributed by atoms with Crippen molar-refractivity contribution in [1.29, 1.82) is 0 Å². The predicted molar refractivity (Wildman–Crippen MR) is 123 cm³/mol. The summed E-state index contributed by atoms with van der Waals surface area (Å²) >= 11 is 0. The molecule has 1 aliphatic heterocycles. The van der Waals surface area contributed by atoms with Gasteiger partial charge in [0.05, 0.1) is 12.0 Å². The highest BCUT2D eigenvalue weighted by molar-refractivity contribution is 5.89. The minimum absolute atomic E-state index is 0.148. The topological polar surface area (TPSA) is 35.4 Å². The molecule has 2 fully saturated rings. The van der Waals surface area contributed by atoms with E-state index < -0.39 is 0 Å². The molecule has 2 aromatic heterocycles. The lowest BCUT2D eigenvalue weighted by molar-refractivity contribution is 0.141. The predicted octanol–water partition coefficient (Wildman–Crippen LogP) is 5.90. The van der Waals surface area contributed by atoms with Crippen LogP contribution in [0, 0.1) is 5.82 Å². The van der Waals surface area contributed by atoms with Crippen molar-refractivity contribution >= 4 is 27.6 Å². The van der Waals surface area contributed by atoms with Gasteiger partial charge >= 0.3 is 0 Å². The van der Waals surface area contributed by atoms with Crippen LogP contribution in [0.15, 0.2) is 59.3 Å². The van der Waals surface area contributed by atoms with Gasteiger partial charge in [0, 0.05) is 54.7 Å². The standard InChI is InChI=1S/C26H28FN3O/c27-20-6-9-24-22(16-20)23(17-28-24)18-4-7-21(8-5-18)29-11-13-30(14-12-29)25-3-1-2-19-10-15-31-26(19)25/h1-3,6,9-10,15-18,21,28H,4-5,7-8,11-14H2. The highest BCUT2D eigenvalue weighted by atomic mass is 19.1. The van der Waals surface area contributed by atoms with Gasteiger partial charge < -0.3 is 14.3 Å². The summed E-state index contributed by atoms with van der Waals surface area (Å²) in [6, 6.07) is 14.2. The zero-order valence-corrected chi connectivity index (χ0v) is 17.7. The van der Waals surface area contributed by atoms with E-state index in [-0.39, 0.29) is 5.82 Å². The van der Waals surface area contributed by atoms with Gasteiger partial charge in [-0.05, 0) is 67.5 Å². The van der Waals surface area contributed by atoms with Crippen LogP contribution in [0.4, 0.5) is 10.1 Å². The maximum Gasteiger partial charge on any atom is 0.157 e. The van der Waals surface area contributed by atoms with Crippen molar-refractivity contribution in [3.05, 3.63) is 66.3 Å². The number of rotatable bonds is 3. The summed E-state index contributed by atoms with van der Waals surface area (Å²) in [5, 5.41) is 2.24. The Balaban J connectivity index is 1.09. The highest BCUT2D eigenvalue weighted by Crippen LogP contribution is 2.38. The fourth-order valence-corrected chi connectivity index (χ4v) is 5.76. The molecule has 4 aromatic rings. The molecule has 1 aliphatic carbocycles. The minimum atomic E-state index is -0.148. The highest BCUT2D eigenvalue weighted by Gasteiger charge is 2.30. The molecule has 4 nitrogen and oxygen atoms in total. The summed E-state index contributed by atoms with van der Waals surface area (Å²) in [6.07, 6.45) is 8.69. The van der Waals surface area contributed by atoms with E-state index in [1.165, 1.54) is 48.4 Å². The monoisotopic (exact) mass is 417 g/mol. The molecule has 6 rings (SSSR count). The van der Waals surface area contributed by atoms with Crippen LogP contribution < -0.4 is 4.90 Å². The van der Waals surface area contributed by atoms with Gasteiger partial charge in [-0.1, -0.05) is 12.1 Å². The number of fused-ring (bicyclic) bond motifs is 2. The van der Waals surface area contributed by atoms with E-state index in [2.05, 4.69) is 39.2 Å². The number of hydrogen-bond acceptors (Lipinski definition) is 3. The van der Waals surface area contributed by atoms with Gasteiger partial charge in [-0.3, -0.25) is 4.90 Å². The Kier molecular flexibility index (Phi) is 4.72. The number of hydrogen-bond donors (Lipinski definition) is 1. The van der Waals surface area contributed by atoms with E-state index >= 15 is 0 Å². The molecule has 0 bridgehead atoms. The molecule has 0 radical (unpaired) electrons. The number of para-hydroxylation sites is 1. The Hall–Kier alpha value is -2.79. The van der Waals surface area contributed by atoms with Crippen molar-refractivity contribution in [1.82, 2.24) is 9.88 Å². The summed E-state index contributed by atoms with van der Waals surface area (Å²) in [5.41, 5.74) is 4.56. The summed E-state index contributed by atoms with van der Waals surface area (Å²) in [7, 11) is 0. The second-order valence-electron chi connectivity index (χ2n) is 9.08. The van der Waals surface area contributed by atoms with Crippen molar-refractivity contribution in [3.63, 3.8) is 0 Å². The van der Waals surface area contributed by atoms with Crippen molar-refractivity contribution in [3.8, 4) is 0 Å². The van der Waals surface area contributed by atoms with E-state index in [1.807, 2.05) is 12.1 Å². The molecule has 31 heavy (non-hydrogen) atoms. The Morgan fingerprint density at radius 2 is 1.77 bits per heavy atom. The average Bonchev–Trinajstić information content (AvgIpc) is 3.46. The van der Waals surface area contributed by atoms with Gasteiger partial charge in [-0.15, -0.1) is 0 Å². The molecule has 160 valence electrons. The molecule has 0 spiro atoms. The number of piperazine rings is 1. The van der Waals surface area contributed by atoms with Gasteiger partial charge in [0.15, 0.2) is 5.58 Å².